The second-order valence-corrected chi connectivity index (χ2v) is 8.98. The number of hydrogen-bond acceptors (Lipinski definition) is 5. The lowest BCUT2D eigenvalue weighted by Crippen LogP contribution is -2.29. The third-order valence-corrected chi connectivity index (χ3v) is 6.46. The number of unbranched alkanes of at least 4 members (excludes halogenated alkanes) is 2. The summed E-state index contributed by atoms with van der Waals surface area (Å²) in [6.07, 6.45) is 10.6. The molecule has 1 saturated carbocycles. The van der Waals surface area contributed by atoms with Gasteiger partial charge in [0.2, 0.25) is 0 Å². The minimum Gasteiger partial charge on any atom is -0.462 e. The van der Waals surface area contributed by atoms with Crippen LogP contribution < -0.4 is 0 Å². The first-order valence-electron chi connectivity index (χ1n) is 10.1. The first-order chi connectivity index (χ1) is 13.6. The van der Waals surface area contributed by atoms with E-state index in [0.717, 1.165) is 37.7 Å². The highest BCUT2D eigenvalue weighted by atomic mass is 32.2. The van der Waals surface area contributed by atoms with E-state index in [4.69, 9.17) is 17.0 Å². The Balaban J connectivity index is 1.36. The van der Waals surface area contributed by atoms with Crippen LogP contribution in [0.2, 0.25) is 0 Å². The molecule has 0 bridgehead atoms. The number of carbonyl (C=O) groups excluding carboxylic acids is 2. The molecule has 3 rings (SSSR count). The number of esters is 1. The Hall–Kier alpha value is -1.66. The van der Waals surface area contributed by atoms with Crippen molar-refractivity contribution in [1.29, 1.82) is 0 Å². The molecule has 1 aliphatic heterocycles. The maximum absolute atomic E-state index is 12.6. The number of amides is 1. The predicted octanol–water partition coefficient (Wildman–Crippen LogP) is 5.32. The molecule has 1 aromatic rings. The van der Waals surface area contributed by atoms with Gasteiger partial charge in [-0.05, 0) is 50.2 Å². The third-order valence-electron chi connectivity index (χ3n) is 5.08. The van der Waals surface area contributed by atoms with Crippen molar-refractivity contribution in [3.05, 3.63) is 40.8 Å². The number of thiocarbonyl (C=S) groups is 1. The highest BCUT2D eigenvalue weighted by Crippen LogP contribution is 2.32. The maximum Gasteiger partial charge on any atom is 0.306 e. The van der Waals surface area contributed by atoms with Crippen molar-refractivity contribution < 1.29 is 14.3 Å². The molecule has 4 nitrogen and oxygen atoms in total. The van der Waals surface area contributed by atoms with E-state index in [0.29, 0.717) is 22.2 Å². The maximum atomic E-state index is 12.6. The van der Waals surface area contributed by atoms with Crippen LogP contribution in [0.5, 0.6) is 0 Å². The number of ether oxygens (including phenoxy) is 1. The Labute approximate surface area is 176 Å². The Bertz CT molecular complexity index is 727. The highest BCUT2D eigenvalue weighted by Gasteiger charge is 2.31. The molecule has 1 saturated heterocycles. The fourth-order valence-corrected chi connectivity index (χ4v) is 4.85. The molecule has 1 heterocycles. The number of thioether (sulfide) groups is 1. The van der Waals surface area contributed by atoms with Gasteiger partial charge in [-0.1, -0.05) is 67.2 Å². The van der Waals surface area contributed by atoms with Crippen molar-refractivity contribution in [3.63, 3.8) is 0 Å². The summed E-state index contributed by atoms with van der Waals surface area (Å²) in [6, 6.07) is 9.79. The molecule has 0 unspecified atom stereocenters. The smallest absolute Gasteiger partial charge is 0.306 e. The van der Waals surface area contributed by atoms with Crippen molar-refractivity contribution >= 4 is 46.3 Å². The zero-order valence-corrected chi connectivity index (χ0v) is 17.7. The van der Waals surface area contributed by atoms with Gasteiger partial charge in [-0.3, -0.25) is 14.5 Å². The van der Waals surface area contributed by atoms with Crippen LogP contribution in [0, 0.1) is 0 Å². The van der Waals surface area contributed by atoms with Gasteiger partial charge in [0.15, 0.2) is 0 Å². The molecule has 0 radical (unpaired) electrons. The van der Waals surface area contributed by atoms with E-state index in [1.807, 2.05) is 36.4 Å². The summed E-state index contributed by atoms with van der Waals surface area (Å²) in [5, 5.41) is 0. The largest absolute Gasteiger partial charge is 0.462 e. The SMILES string of the molecule is O=C(CCCCCN1C(=O)/C(=C\c2ccccc2)SC1=S)OC1CCCCC1. The lowest BCUT2D eigenvalue weighted by atomic mass is 9.98. The van der Waals surface area contributed by atoms with Gasteiger partial charge in [-0.15, -0.1) is 0 Å². The molecule has 1 aliphatic carbocycles. The summed E-state index contributed by atoms with van der Waals surface area (Å²) in [4.78, 5) is 26.9. The van der Waals surface area contributed by atoms with Crippen LogP contribution in [0.15, 0.2) is 35.2 Å². The highest BCUT2D eigenvalue weighted by molar-refractivity contribution is 8.26. The molecule has 150 valence electrons. The van der Waals surface area contributed by atoms with Crippen molar-refractivity contribution in [3.8, 4) is 0 Å². The van der Waals surface area contributed by atoms with Crippen LogP contribution in [-0.4, -0.2) is 33.7 Å². The summed E-state index contributed by atoms with van der Waals surface area (Å²) in [5.41, 5.74) is 1.000. The quantitative estimate of drug-likeness (QED) is 0.248. The summed E-state index contributed by atoms with van der Waals surface area (Å²) < 4.78 is 6.16. The lowest BCUT2D eigenvalue weighted by Gasteiger charge is -2.21. The van der Waals surface area contributed by atoms with E-state index in [2.05, 4.69) is 0 Å². The summed E-state index contributed by atoms with van der Waals surface area (Å²) in [6.45, 7) is 0.606. The topological polar surface area (TPSA) is 46.6 Å². The number of nitrogens with zero attached hydrogens (tertiary/aromatic N) is 1. The molecule has 0 N–H and O–H groups in total. The molecule has 28 heavy (non-hydrogen) atoms. The molecule has 6 heteroatoms. The first kappa shape index (κ1) is 21.1. The molecule has 0 spiro atoms. The van der Waals surface area contributed by atoms with E-state index < -0.39 is 0 Å². The van der Waals surface area contributed by atoms with E-state index in [9.17, 15) is 9.59 Å². The zero-order valence-electron chi connectivity index (χ0n) is 16.1. The molecular formula is C22H27NO3S2. The first-order valence-corrected chi connectivity index (χ1v) is 11.4. The molecular weight excluding hydrogens is 390 g/mol. The Morgan fingerprint density at radius 2 is 1.89 bits per heavy atom. The van der Waals surface area contributed by atoms with Crippen LogP contribution in [-0.2, 0) is 14.3 Å². The zero-order chi connectivity index (χ0) is 19.8. The Kier molecular flexibility index (Phi) is 8.10. The van der Waals surface area contributed by atoms with Crippen molar-refractivity contribution in [2.45, 2.75) is 63.9 Å². The summed E-state index contributed by atoms with van der Waals surface area (Å²) in [5.74, 6) is -0.0983. The van der Waals surface area contributed by atoms with E-state index in [-0.39, 0.29) is 18.0 Å². The molecule has 0 aromatic heterocycles. The van der Waals surface area contributed by atoms with Gasteiger partial charge >= 0.3 is 5.97 Å². The summed E-state index contributed by atoms with van der Waals surface area (Å²) >= 11 is 6.73. The van der Waals surface area contributed by atoms with Gasteiger partial charge in [0.1, 0.15) is 10.4 Å². The second kappa shape index (κ2) is 10.8. The fraction of sp³-hybridized carbons (Fsp3) is 0.500. The van der Waals surface area contributed by atoms with Crippen molar-refractivity contribution in [1.82, 2.24) is 4.90 Å². The molecule has 0 atom stereocenters. The van der Waals surface area contributed by atoms with Crippen molar-refractivity contribution in [2.24, 2.45) is 0 Å². The average molecular weight is 418 g/mol. The summed E-state index contributed by atoms with van der Waals surface area (Å²) in [7, 11) is 0. The standard InChI is InChI=1S/C22H27NO3S2/c24-20(26-18-12-6-2-7-13-18)14-8-3-9-15-23-21(25)19(28-22(23)27)16-17-10-4-1-5-11-17/h1,4-5,10-11,16,18H,2-3,6-9,12-15H2/b19-16+. The van der Waals surface area contributed by atoms with Crippen LogP contribution in [0.4, 0.5) is 0 Å². The number of hydrogen-bond donors (Lipinski definition) is 0. The van der Waals surface area contributed by atoms with E-state index in [1.165, 1.54) is 31.0 Å². The molecule has 2 aliphatic rings. The van der Waals surface area contributed by atoms with E-state index >= 15 is 0 Å². The minimum absolute atomic E-state index is 0.0180. The van der Waals surface area contributed by atoms with Crippen LogP contribution in [0.1, 0.15) is 63.4 Å². The van der Waals surface area contributed by atoms with E-state index in [1.54, 1.807) is 4.90 Å². The van der Waals surface area contributed by atoms with Gasteiger partial charge in [-0.25, -0.2) is 0 Å². The van der Waals surface area contributed by atoms with Crippen LogP contribution in [0.3, 0.4) is 0 Å². The van der Waals surface area contributed by atoms with Crippen LogP contribution >= 0.6 is 24.0 Å². The normalized spacial score (nSPS) is 19.4. The minimum atomic E-state index is -0.0803. The van der Waals surface area contributed by atoms with Gasteiger partial charge < -0.3 is 4.74 Å². The third kappa shape index (κ3) is 6.17. The van der Waals surface area contributed by atoms with Gasteiger partial charge in [-0.2, -0.15) is 0 Å². The lowest BCUT2D eigenvalue weighted by molar-refractivity contribution is -0.150. The number of carbonyl (C=O) groups is 2. The second-order valence-electron chi connectivity index (χ2n) is 7.30. The fourth-order valence-electron chi connectivity index (χ4n) is 3.54. The van der Waals surface area contributed by atoms with Crippen LogP contribution in [0.25, 0.3) is 6.08 Å². The monoisotopic (exact) mass is 417 g/mol. The Morgan fingerprint density at radius 1 is 1.14 bits per heavy atom. The molecule has 1 aromatic carbocycles. The molecule has 2 fully saturated rings. The van der Waals surface area contributed by atoms with Gasteiger partial charge in [0, 0.05) is 13.0 Å². The number of benzene rings is 1. The van der Waals surface area contributed by atoms with Gasteiger partial charge in [0.05, 0.1) is 4.91 Å². The average Bonchev–Trinajstić information content (AvgIpc) is 2.96. The number of rotatable bonds is 8. The Morgan fingerprint density at radius 3 is 2.64 bits per heavy atom. The molecule has 1 amide bonds. The van der Waals surface area contributed by atoms with Gasteiger partial charge in [0.25, 0.3) is 5.91 Å². The van der Waals surface area contributed by atoms with Crippen molar-refractivity contribution in [2.75, 3.05) is 6.54 Å². The predicted molar refractivity (Wildman–Crippen MR) is 118 cm³/mol.